The van der Waals surface area contributed by atoms with Crippen molar-refractivity contribution in [3.05, 3.63) is 65.2 Å². The van der Waals surface area contributed by atoms with E-state index in [0.29, 0.717) is 5.02 Å². The summed E-state index contributed by atoms with van der Waals surface area (Å²) in [6, 6.07) is 16.1. The molecule has 0 unspecified atom stereocenters. The summed E-state index contributed by atoms with van der Waals surface area (Å²) in [5.41, 5.74) is 0.532. The molecule has 2 aromatic rings. The first kappa shape index (κ1) is 14.6. The van der Waals surface area contributed by atoms with Crippen molar-refractivity contribution in [3.8, 4) is 0 Å². The molecule has 3 rings (SSSR count). The molecule has 0 radical (unpaired) electrons. The van der Waals surface area contributed by atoms with Crippen LogP contribution in [0.15, 0.2) is 59.5 Å². The third kappa shape index (κ3) is 2.84. The predicted molar refractivity (Wildman–Crippen MR) is 83.7 cm³/mol. The molecule has 0 heterocycles. The molecule has 0 amide bonds. The Bertz CT molecular complexity index is 740. The molecule has 21 heavy (non-hydrogen) atoms. The van der Waals surface area contributed by atoms with Crippen molar-refractivity contribution in [3.63, 3.8) is 0 Å². The molecule has 1 aliphatic carbocycles. The van der Waals surface area contributed by atoms with Crippen LogP contribution >= 0.6 is 11.6 Å². The largest absolute Gasteiger partial charge is 0.241 e. The summed E-state index contributed by atoms with van der Waals surface area (Å²) < 4.78 is 28.1. The van der Waals surface area contributed by atoms with Crippen LogP contribution in [0.4, 0.5) is 0 Å². The van der Waals surface area contributed by atoms with Crippen molar-refractivity contribution in [2.75, 3.05) is 0 Å². The topological polar surface area (TPSA) is 46.2 Å². The van der Waals surface area contributed by atoms with Crippen LogP contribution in [-0.4, -0.2) is 8.42 Å². The molecule has 0 atom stereocenters. The van der Waals surface area contributed by atoms with Crippen LogP contribution in [0.25, 0.3) is 0 Å². The highest BCUT2D eigenvalue weighted by Crippen LogP contribution is 2.42. The standard InChI is InChI=1S/C16H16ClNO2S/c17-14-8-4-9-15(12-14)21(19,20)18-16(10-5-11-16)13-6-2-1-3-7-13/h1-4,6-9,12,18H,5,10-11H2. The first-order valence-corrected chi connectivity index (χ1v) is 8.73. The monoisotopic (exact) mass is 321 g/mol. The summed E-state index contributed by atoms with van der Waals surface area (Å²) >= 11 is 5.89. The summed E-state index contributed by atoms with van der Waals surface area (Å²) in [5.74, 6) is 0. The molecule has 0 bridgehead atoms. The normalized spacial score (nSPS) is 17.2. The molecule has 1 N–H and O–H groups in total. The molecule has 1 saturated carbocycles. The average Bonchev–Trinajstić information content (AvgIpc) is 2.44. The molecular formula is C16H16ClNO2S. The molecule has 110 valence electrons. The molecule has 0 spiro atoms. The van der Waals surface area contributed by atoms with E-state index >= 15 is 0 Å². The second-order valence-electron chi connectivity index (χ2n) is 5.36. The van der Waals surface area contributed by atoms with E-state index in [1.54, 1.807) is 18.2 Å². The Kier molecular flexibility index (Phi) is 3.78. The fraction of sp³-hybridized carbons (Fsp3) is 0.250. The van der Waals surface area contributed by atoms with Crippen molar-refractivity contribution in [2.24, 2.45) is 0 Å². The number of hydrogen-bond acceptors (Lipinski definition) is 2. The molecule has 0 aliphatic heterocycles. The van der Waals surface area contributed by atoms with E-state index in [9.17, 15) is 8.42 Å². The lowest BCUT2D eigenvalue weighted by Crippen LogP contribution is -2.50. The van der Waals surface area contributed by atoms with Gasteiger partial charge in [-0.15, -0.1) is 0 Å². The minimum absolute atomic E-state index is 0.206. The van der Waals surface area contributed by atoms with Gasteiger partial charge in [0, 0.05) is 5.02 Å². The van der Waals surface area contributed by atoms with E-state index in [0.717, 1.165) is 24.8 Å². The van der Waals surface area contributed by atoms with Gasteiger partial charge in [0.15, 0.2) is 0 Å². The van der Waals surface area contributed by atoms with Gasteiger partial charge < -0.3 is 0 Å². The summed E-state index contributed by atoms with van der Waals surface area (Å²) in [5, 5.41) is 0.417. The lowest BCUT2D eigenvalue weighted by atomic mass is 9.73. The zero-order valence-electron chi connectivity index (χ0n) is 11.4. The quantitative estimate of drug-likeness (QED) is 0.933. The number of benzene rings is 2. The van der Waals surface area contributed by atoms with Crippen LogP contribution in [0, 0.1) is 0 Å². The fourth-order valence-electron chi connectivity index (χ4n) is 2.69. The van der Waals surface area contributed by atoms with Gasteiger partial charge in [-0.25, -0.2) is 13.1 Å². The van der Waals surface area contributed by atoms with Crippen molar-refractivity contribution in [1.29, 1.82) is 0 Å². The van der Waals surface area contributed by atoms with E-state index in [-0.39, 0.29) is 4.90 Å². The maximum absolute atomic E-state index is 12.6. The molecule has 3 nitrogen and oxygen atoms in total. The van der Waals surface area contributed by atoms with Gasteiger partial charge in [0.25, 0.3) is 0 Å². The summed E-state index contributed by atoms with van der Waals surface area (Å²) in [6.07, 6.45) is 2.65. The average molecular weight is 322 g/mol. The highest BCUT2D eigenvalue weighted by atomic mass is 35.5. The van der Waals surface area contributed by atoms with Crippen molar-refractivity contribution >= 4 is 21.6 Å². The lowest BCUT2D eigenvalue weighted by Gasteiger charge is -2.42. The Morgan fingerprint density at radius 2 is 1.71 bits per heavy atom. The first-order valence-electron chi connectivity index (χ1n) is 6.87. The number of rotatable bonds is 4. The van der Waals surface area contributed by atoms with E-state index < -0.39 is 15.6 Å². The molecule has 0 aromatic heterocycles. The van der Waals surface area contributed by atoms with Gasteiger partial charge in [0.05, 0.1) is 10.4 Å². The van der Waals surface area contributed by atoms with Crippen LogP contribution in [-0.2, 0) is 15.6 Å². The van der Waals surface area contributed by atoms with Crippen LogP contribution in [0.1, 0.15) is 24.8 Å². The summed E-state index contributed by atoms with van der Waals surface area (Å²) in [6.45, 7) is 0. The molecule has 5 heteroatoms. The zero-order chi connectivity index (χ0) is 14.9. The van der Waals surface area contributed by atoms with Crippen molar-refractivity contribution < 1.29 is 8.42 Å². The van der Waals surface area contributed by atoms with Gasteiger partial charge in [-0.05, 0) is 43.0 Å². The molecule has 0 saturated heterocycles. The summed E-state index contributed by atoms with van der Waals surface area (Å²) in [4.78, 5) is 0.206. The zero-order valence-corrected chi connectivity index (χ0v) is 13.0. The van der Waals surface area contributed by atoms with Crippen molar-refractivity contribution in [1.82, 2.24) is 4.72 Å². The number of hydrogen-bond donors (Lipinski definition) is 1. The number of halogens is 1. The molecule has 1 aliphatic rings. The Balaban J connectivity index is 1.94. The molecular weight excluding hydrogens is 306 g/mol. The predicted octanol–water partition coefficient (Wildman–Crippen LogP) is 3.70. The van der Waals surface area contributed by atoms with E-state index in [1.807, 2.05) is 30.3 Å². The van der Waals surface area contributed by atoms with Crippen LogP contribution in [0.5, 0.6) is 0 Å². The van der Waals surface area contributed by atoms with Gasteiger partial charge >= 0.3 is 0 Å². The van der Waals surface area contributed by atoms with Crippen LogP contribution < -0.4 is 4.72 Å². The Morgan fingerprint density at radius 3 is 2.29 bits per heavy atom. The van der Waals surface area contributed by atoms with E-state index in [2.05, 4.69) is 4.72 Å². The van der Waals surface area contributed by atoms with Crippen LogP contribution in [0.3, 0.4) is 0 Å². The fourth-order valence-corrected chi connectivity index (χ4v) is 4.44. The third-order valence-electron chi connectivity index (χ3n) is 3.97. The first-order chi connectivity index (χ1) is 10.0. The van der Waals surface area contributed by atoms with Gasteiger partial charge in [-0.3, -0.25) is 0 Å². The van der Waals surface area contributed by atoms with E-state index in [1.165, 1.54) is 6.07 Å². The highest BCUT2D eigenvalue weighted by Gasteiger charge is 2.42. The van der Waals surface area contributed by atoms with Gasteiger partial charge in [-0.1, -0.05) is 48.0 Å². The SMILES string of the molecule is O=S(=O)(NC1(c2ccccc2)CCC1)c1cccc(Cl)c1. The third-order valence-corrected chi connectivity index (χ3v) is 5.74. The number of sulfonamides is 1. The molecule has 2 aromatic carbocycles. The molecule has 1 fully saturated rings. The van der Waals surface area contributed by atoms with E-state index in [4.69, 9.17) is 11.6 Å². The number of nitrogens with one attached hydrogen (secondary N) is 1. The lowest BCUT2D eigenvalue weighted by molar-refractivity contribution is 0.224. The minimum Gasteiger partial charge on any atom is -0.207 e. The Hall–Kier alpha value is -1.36. The smallest absolute Gasteiger partial charge is 0.207 e. The minimum atomic E-state index is -3.58. The summed E-state index contributed by atoms with van der Waals surface area (Å²) in [7, 11) is -3.58. The Morgan fingerprint density at radius 1 is 1.00 bits per heavy atom. The second kappa shape index (κ2) is 5.44. The Labute approximate surface area is 130 Å². The highest BCUT2D eigenvalue weighted by molar-refractivity contribution is 7.89. The maximum atomic E-state index is 12.6. The van der Waals surface area contributed by atoms with Gasteiger partial charge in [0.1, 0.15) is 0 Å². The van der Waals surface area contributed by atoms with Crippen LogP contribution in [0.2, 0.25) is 5.02 Å². The maximum Gasteiger partial charge on any atom is 0.241 e. The van der Waals surface area contributed by atoms with Gasteiger partial charge in [-0.2, -0.15) is 0 Å². The van der Waals surface area contributed by atoms with Gasteiger partial charge in [0.2, 0.25) is 10.0 Å². The second-order valence-corrected chi connectivity index (χ2v) is 7.48. The van der Waals surface area contributed by atoms with Crippen molar-refractivity contribution in [2.45, 2.75) is 29.7 Å².